The number of hydrogen-bond donors (Lipinski definition) is 0. The van der Waals surface area contributed by atoms with Crippen LogP contribution in [0.3, 0.4) is 0 Å². The van der Waals surface area contributed by atoms with Crippen LogP contribution in [0, 0.1) is 0 Å². The fourth-order valence-corrected chi connectivity index (χ4v) is 7.86. The van der Waals surface area contributed by atoms with Crippen molar-refractivity contribution in [3.05, 3.63) is 70.8 Å². The predicted molar refractivity (Wildman–Crippen MR) is 240 cm³/mol. The van der Waals surface area contributed by atoms with E-state index in [0.29, 0.717) is 37.2 Å². The van der Waals surface area contributed by atoms with Crippen molar-refractivity contribution in [2.75, 3.05) is 0 Å². The predicted octanol–water partition coefficient (Wildman–Crippen LogP) is 15.7. The average Bonchev–Trinajstić information content (AvgIpc) is 3.20. The van der Waals surface area contributed by atoms with Crippen LogP contribution in [-0.4, -0.2) is 17.7 Å². The van der Waals surface area contributed by atoms with Gasteiger partial charge in [-0.25, -0.2) is 0 Å². The first kappa shape index (κ1) is 47.9. The topological polar surface area (TPSA) is 69.7 Å². The summed E-state index contributed by atoms with van der Waals surface area (Å²) in [5.74, 6) is 0.673. The number of benzene rings is 2. The first-order valence-electron chi connectivity index (χ1n) is 23.6. The molecule has 0 spiro atoms. The number of carbonyl (C=O) groups is 3. The lowest BCUT2D eigenvalue weighted by molar-refractivity contribution is -0.135. The average molecular weight is 783 g/mol. The summed E-state index contributed by atoms with van der Waals surface area (Å²) in [6.07, 6.45) is 40.1. The SMILES string of the molecule is CCCCCCCCCCCCCCCC(=O)Oc1cccc(/C=C2\CCC/C(=C\c3cccc(OC(=O)CCCCCCCCCCCCCCC)c3)C2=O)c1. The summed E-state index contributed by atoms with van der Waals surface area (Å²) in [7, 11) is 0. The largest absolute Gasteiger partial charge is 0.427 e. The molecule has 1 aliphatic rings. The van der Waals surface area contributed by atoms with E-state index in [1.807, 2.05) is 48.6 Å². The molecule has 0 unspecified atom stereocenters. The van der Waals surface area contributed by atoms with Gasteiger partial charge in [0.15, 0.2) is 5.78 Å². The Morgan fingerprint density at radius 2 is 0.789 bits per heavy atom. The van der Waals surface area contributed by atoms with Crippen LogP contribution in [-0.2, 0) is 14.4 Å². The molecule has 5 nitrogen and oxygen atoms in total. The number of allylic oxidation sites excluding steroid dienone is 2. The van der Waals surface area contributed by atoms with Crippen LogP contribution in [0.1, 0.15) is 224 Å². The minimum Gasteiger partial charge on any atom is -0.427 e. The van der Waals surface area contributed by atoms with Gasteiger partial charge >= 0.3 is 11.9 Å². The van der Waals surface area contributed by atoms with Crippen molar-refractivity contribution in [3.63, 3.8) is 0 Å². The normalized spacial score (nSPS) is 14.4. The van der Waals surface area contributed by atoms with E-state index in [0.717, 1.165) is 54.4 Å². The third-order valence-electron chi connectivity index (χ3n) is 11.3. The number of carbonyl (C=O) groups excluding carboxylic acids is 3. The van der Waals surface area contributed by atoms with Gasteiger partial charge in [0.05, 0.1) is 0 Å². The summed E-state index contributed by atoms with van der Waals surface area (Å²) < 4.78 is 11.4. The van der Waals surface area contributed by atoms with Crippen LogP contribution in [0.15, 0.2) is 59.7 Å². The van der Waals surface area contributed by atoms with Crippen molar-refractivity contribution in [2.24, 2.45) is 0 Å². The van der Waals surface area contributed by atoms with E-state index in [1.165, 1.54) is 141 Å². The fourth-order valence-electron chi connectivity index (χ4n) is 7.86. The molecule has 0 heterocycles. The maximum Gasteiger partial charge on any atom is 0.311 e. The molecule has 0 aromatic heterocycles. The number of esters is 2. The van der Waals surface area contributed by atoms with E-state index in [4.69, 9.17) is 9.47 Å². The van der Waals surface area contributed by atoms with E-state index < -0.39 is 0 Å². The fraction of sp³-hybridized carbons (Fsp3) is 0.635. The molecule has 0 atom stereocenters. The lowest BCUT2D eigenvalue weighted by atomic mass is 9.87. The standard InChI is InChI=1S/C52H78O5/c1-3-5-7-9-11-13-15-17-19-21-23-25-27-38-50(53)56-48-36-29-32-44(42-48)40-46-34-31-35-47(52(46)55)41-45-33-30-37-49(43-45)57-51(54)39-28-26-24-22-20-18-16-14-12-10-8-6-4-2/h29-30,32-33,36-37,40-43H,3-28,31,34-35,38-39H2,1-2H3/b46-40+,47-41+. The van der Waals surface area contributed by atoms with Gasteiger partial charge in [-0.15, -0.1) is 0 Å². The van der Waals surface area contributed by atoms with Crippen LogP contribution < -0.4 is 9.47 Å². The van der Waals surface area contributed by atoms with E-state index in [9.17, 15) is 14.4 Å². The number of hydrogen-bond acceptors (Lipinski definition) is 5. The molecule has 316 valence electrons. The summed E-state index contributed by atoms with van der Waals surface area (Å²) >= 11 is 0. The summed E-state index contributed by atoms with van der Waals surface area (Å²) in [5, 5.41) is 0. The summed E-state index contributed by atoms with van der Waals surface area (Å²) in [4.78, 5) is 38.7. The van der Waals surface area contributed by atoms with E-state index in [1.54, 1.807) is 12.1 Å². The van der Waals surface area contributed by atoms with Crippen molar-refractivity contribution in [1.82, 2.24) is 0 Å². The Labute approximate surface area is 347 Å². The van der Waals surface area contributed by atoms with Gasteiger partial charge in [-0.2, -0.15) is 0 Å². The molecule has 2 aromatic carbocycles. The maximum absolute atomic E-state index is 13.6. The number of unbranched alkanes of at least 4 members (excludes halogenated alkanes) is 24. The van der Waals surface area contributed by atoms with E-state index in [2.05, 4.69) is 13.8 Å². The van der Waals surface area contributed by atoms with Crippen molar-refractivity contribution < 1.29 is 23.9 Å². The molecule has 0 aliphatic heterocycles. The molecular weight excluding hydrogens is 705 g/mol. The van der Waals surface area contributed by atoms with Crippen LogP contribution in [0.4, 0.5) is 0 Å². The van der Waals surface area contributed by atoms with Crippen LogP contribution >= 0.6 is 0 Å². The van der Waals surface area contributed by atoms with Gasteiger partial charge in [0.2, 0.25) is 0 Å². The minimum absolute atomic E-state index is 0.0378. The number of ketones is 1. The third-order valence-corrected chi connectivity index (χ3v) is 11.3. The lowest BCUT2D eigenvalue weighted by Gasteiger charge is -2.17. The first-order chi connectivity index (χ1) is 28.0. The highest BCUT2D eigenvalue weighted by Crippen LogP contribution is 2.30. The molecule has 3 rings (SSSR count). The molecule has 0 N–H and O–H groups in total. The lowest BCUT2D eigenvalue weighted by Crippen LogP contribution is -2.12. The molecule has 1 saturated carbocycles. The number of Topliss-reactive ketones (excluding diaryl/α,β-unsaturated/α-hetero) is 1. The number of rotatable bonds is 32. The van der Waals surface area contributed by atoms with Crippen molar-refractivity contribution in [3.8, 4) is 11.5 Å². The Bertz CT molecular complexity index is 1360. The smallest absolute Gasteiger partial charge is 0.311 e. The molecule has 57 heavy (non-hydrogen) atoms. The van der Waals surface area contributed by atoms with Gasteiger partial charge in [-0.05, 0) is 79.6 Å². The molecule has 5 heteroatoms. The Hall–Kier alpha value is -3.47. The molecule has 0 saturated heterocycles. The minimum atomic E-state index is -0.200. The van der Waals surface area contributed by atoms with E-state index in [-0.39, 0.29) is 17.7 Å². The third kappa shape index (κ3) is 22.9. The first-order valence-corrected chi connectivity index (χ1v) is 23.6. The van der Waals surface area contributed by atoms with Gasteiger partial charge in [-0.1, -0.05) is 192 Å². The molecule has 2 aromatic rings. The zero-order valence-electron chi connectivity index (χ0n) is 36.2. The van der Waals surface area contributed by atoms with Crippen LogP contribution in [0.5, 0.6) is 11.5 Å². The molecule has 0 bridgehead atoms. The quantitative estimate of drug-likeness (QED) is 0.0320. The Morgan fingerprint density at radius 1 is 0.474 bits per heavy atom. The summed E-state index contributed by atoms with van der Waals surface area (Å²) in [5.41, 5.74) is 3.21. The molecule has 0 amide bonds. The van der Waals surface area contributed by atoms with Gasteiger partial charge in [-0.3, -0.25) is 14.4 Å². The monoisotopic (exact) mass is 783 g/mol. The zero-order valence-corrected chi connectivity index (χ0v) is 36.2. The highest BCUT2D eigenvalue weighted by Gasteiger charge is 2.21. The van der Waals surface area contributed by atoms with Gasteiger partial charge in [0.25, 0.3) is 0 Å². The highest BCUT2D eigenvalue weighted by atomic mass is 16.5. The number of ether oxygens (including phenoxy) is 2. The van der Waals surface area contributed by atoms with Crippen molar-refractivity contribution in [1.29, 1.82) is 0 Å². The van der Waals surface area contributed by atoms with Gasteiger partial charge in [0.1, 0.15) is 11.5 Å². The Kier molecular flexibility index (Phi) is 26.5. The second-order valence-electron chi connectivity index (χ2n) is 16.6. The second-order valence-corrected chi connectivity index (χ2v) is 16.6. The Morgan fingerprint density at radius 3 is 1.12 bits per heavy atom. The zero-order chi connectivity index (χ0) is 40.6. The Balaban J connectivity index is 1.34. The second kappa shape index (κ2) is 31.5. The summed E-state index contributed by atoms with van der Waals surface area (Å²) in [6.45, 7) is 4.53. The van der Waals surface area contributed by atoms with Gasteiger partial charge < -0.3 is 9.47 Å². The van der Waals surface area contributed by atoms with Crippen molar-refractivity contribution >= 4 is 29.9 Å². The van der Waals surface area contributed by atoms with Crippen molar-refractivity contribution in [2.45, 2.75) is 213 Å². The molecular formula is C52H78O5. The molecule has 0 radical (unpaired) electrons. The maximum atomic E-state index is 13.6. The highest BCUT2D eigenvalue weighted by molar-refractivity contribution is 6.14. The molecule has 1 fully saturated rings. The van der Waals surface area contributed by atoms with E-state index >= 15 is 0 Å². The van der Waals surface area contributed by atoms with Crippen LogP contribution in [0.2, 0.25) is 0 Å². The van der Waals surface area contributed by atoms with Gasteiger partial charge in [0, 0.05) is 24.0 Å². The van der Waals surface area contributed by atoms with Crippen LogP contribution in [0.25, 0.3) is 12.2 Å². The molecule has 1 aliphatic carbocycles. The summed E-state index contributed by atoms with van der Waals surface area (Å²) in [6, 6.07) is 14.9.